The van der Waals surface area contributed by atoms with Crippen LogP contribution in [0, 0.1) is 13.8 Å². The molecular formula is C24H31N3O2. The van der Waals surface area contributed by atoms with Crippen molar-refractivity contribution in [3.63, 3.8) is 0 Å². The molecule has 2 aromatic carbocycles. The molecule has 0 saturated carbocycles. The summed E-state index contributed by atoms with van der Waals surface area (Å²) in [5.74, 6) is -0.0574. The number of rotatable bonds is 5. The summed E-state index contributed by atoms with van der Waals surface area (Å²) in [4.78, 5) is 15.0. The molecule has 2 aromatic rings. The van der Waals surface area contributed by atoms with Gasteiger partial charge in [0.05, 0.1) is 6.61 Å². The highest BCUT2D eigenvalue weighted by atomic mass is 16.5. The van der Waals surface area contributed by atoms with Gasteiger partial charge in [-0.25, -0.2) is 0 Å². The maximum Gasteiger partial charge on any atom is 0.255 e. The zero-order valence-corrected chi connectivity index (χ0v) is 17.4. The van der Waals surface area contributed by atoms with Gasteiger partial charge in [-0.05, 0) is 69.0 Å². The Balaban J connectivity index is 1.30. The molecule has 2 aliphatic rings. The number of carbonyl (C=O) groups excluding carboxylic acids is 1. The number of nitrogens with one attached hydrogen (secondary N) is 2. The average molecular weight is 394 g/mol. The Kier molecular flexibility index (Phi) is 6.16. The van der Waals surface area contributed by atoms with Gasteiger partial charge in [-0.1, -0.05) is 17.7 Å². The van der Waals surface area contributed by atoms with E-state index >= 15 is 0 Å². The molecule has 2 heterocycles. The van der Waals surface area contributed by atoms with Crippen LogP contribution in [0.5, 0.6) is 0 Å². The van der Waals surface area contributed by atoms with E-state index in [0.717, 1.165) is 62.4 Å². The van der Waals surface area contributed by atoms with Crippen LogP contribution in [-0.4, -0.2) is 44.3 Å². The summed E-state index contributed by atoms with van der Waals surface area (Å²) >= 11 is 0. The minimum Gasteiger partial charge on any atom is -0.380 e. The highest BCUT2D eigenvalue weighted by Gasteiger charge is 2.24. The molecule has 0 aliphatic carbocycles. The lowest BCUT2D eigenvalue weighted by Gasteiger charge is -2.35. The first-order valence-corrected chi connectivity index (χ1v) is 10.7. The van der Waals surface area contributed by atoms with Crippen molar-refractivity contribution in [1.29, 1.82) is 0 Å². The van der Waals surface area contributed by atoms with Crippen molar-refractivity contribution in [2.45, 2.75) is 45.2 Å². The molecule has 5 nitrogen and oxygen atoms in total. The number of carbonyl (C=O) groups is 1. The molecule has 4 rings (SSSR count). The molecule has 0 unspecified atom stereocenters. The maximum atomic E-state index is 12.6. The third kappa shape index (κ3) is 4.98. The molecule has 2 saturated heterocycles. The average Bonchev–Trinajstić information content (AvgIpc) is 3.22. The quantitative estimate of drug-likeness (QED) is 0.809. The second-order valence-electron chi connectivity index (χ2n) is 8.31. The van der Waals surface area contributed by atoms with Crippen LogP contribution in [0.1, 0.15) is 40.7 Å². The van der Waals surface area contributed by atoms with Crippen molar-refractivity contribution in [2.24, 2.45) is 0 Å². The van der Waals surface area contributed by atoms with Gasteiger partial charge in [-0.2, -0.15) is 0 Å². The molecule has 0 bridgehead atoms. The minimum absolute atomic E-state index is 0.0574. The Morgan fingerprint density at radius 1 is 1.00 bits per heavy atom. The SMILES string of the molecule is Cc1ccc(C(=O)Nc2ccc(N3CCC(N[C@H]4CCOC4)CC3)cc2)c(C)c1. The van der Waals surface area contributed by atoms with Gasteiger partial charge >= 0.3 is 0 Å². The zero-order valence-electron chi connectivity index (χ0n) is 17.4. The first kappa shape index (κ1) is 19.9. The fourth-order valence-corrected chi connectivity index (χ4v) is 4.33. The van der Waals surface area contributed by atoms with Crippen LogP contribution in [0.2, 0.25) is 0 Å². The van der Waals surface area contributed by atoms with E-state index < -0.39 is 0 Å². The highest BCUT2D eigenvalue weighted by molar-refractivity contribution is 6.05. The van der Waals surface area contributed by atoms with E-state index in [2.05, 4.69) is 27.7 Å². The molecule has 1 atom stereocenters. The predicted octanol–water partition coefficient (Wildman–Crippen LogP) is 3.90. The lowest BCUT2D eigenvalue weighted by molar-refractivity contribution is 0.102. The molecule has 29 heavy (non-hydrogen) atoms. The first-order chi connectivity index (χ1) is 14.1. The number of anilines is 2. The van der Waals surface area contributed by atoms with Crippen LogP contribution in [0.25, 0.3) is 0 Å². The summed E-state index contributed by atoms with van der Waals surface area (Å²) < 4.78 is 5.46. The Hall–Kier alpha value is -2.37. The molecule has 2 aliphatic heterocycles. The number of hydrogen-bond donors (Lipinski definition) is 2. The second kappa shape index (κ2) is 8.97. The number of amides is 1. The summed E-state index contributed by atoms with van der Waals surface area (Å²) in [6.07, 6.45) is 3.44. The van der Waals surface area contributed by atoms with Crippen molar-refractivity contribution >= 4 is 17.3 Å². The Morgan fingerprint density at radius 3 is 2.41 bits per heavy atom. The number of benzene rings is 2. The molecule has 2 fully saturated rings. The molecule has 0 spiro atoms. The zero-order chi connectivity index (χ0) is 20.2. The van der Waals surface area contributed by atoms with Gasteiger partial charge in [0.1, 0.15) is 0 Å². The first-order valence-electron chi connectivity index (χ1n) is 10.7. The topological polar surface area (TPSA) is 53.6 Å². The molecule has 5 heteroatoms. The summed E-state index contributed by atoms with van der Waals surface area (Å²) in [7, 11) is 0. The number of aryl methyl sites for hydroxylation is 2. The predicted molar refractivity (Wildman–Crippen MR) is 118 cm³/mol. The van der Waals surface area contributed by atoms with Gasteiger partial charge in [0, 0.05) is 48.7 Å². The van der Waals surface area contributed by atoms with Gasteiger partial charge in [0.2, 0.25) is 0 Å². The van der Waals surface area contributed by atoms with E-state index in [0.29, 0.717) is 12.1 Å². The van der Waals surface area contributed by atoms with E-state index in [-0.39, 0.29) is 5.91 Å². The number of nitrogens with zero attached hydrogens (tertiary/aromatic N) is 1. The molecular weight excluding hydrogens is 362 g/mol. The molecule has 2 N–H and O–H groups in total. The Labute approximate surface area is 173 Å². The van der Waals surface area contributed by atoms with E-state index in [1.54, 1.807) is 0 Å². The monoisotopic (exact) mass is 393 g/mol. The lowest BCUT2D eigenvalue weighted by atomic mass is 10.0. The van der Waals surface area contributed by atoms with Crippen LogP contribution in [0.15, 0.2) is 42.5 Å². The summed E-state index contributed by atoms with van der Waals surface area (Å²) in [5, 5.41) is 6.76. The van der Waals surface area contributed by atoms with Crippen LogP contribution in [0.3, 0.4) is 0 Å². The summed E-state index contributed by atoms with van der Waals surface area (Å²) in [5.41, 5.74) is 4.94. The van der Waals surface area contributed by atoms with Crippen molar-refractivity contribution in [2.75, 3.05) is 36.5 Å². The van der Waals surface area contributed by atoms with Crippen molar-refractivity contribution in [3.8, 4) is 0 Å². The third-order valence-electron chi connectivity index (χ3n) is 6.01. The Morgan fingerprint density at radius 2 is 1.76 bits per heavy atom. The van der Waals surface area contributed by atoms with Gasteiger partial charge in [-0.3, -0.25) is 4.79 Å². The molecule has 0 aromatic heterocycles. The normalized spacial score (nSPS) is 20.1. The van der Waals surface area contributed by atoms with Gasteiger partial charge in [0.25, 0.3) is 5.91 Å². The molecule has 0 radical (unpaired) electrons. The van der Waals surface area contributed by atoms with Crippen LogP contribution < -0.4 is 15.5 Å². The standard InChI is InChI=1S/C24H31N3O2/c1-17-3-8-23(18(2)15-17)24(28)26-19-4-6-22(7-5-19)27-12-9-20(10-13-27)25-21-11-14-29-16-21/h3-8,15,20-21,25H,9-14,16H2,1-2H3,(H,26,28)/t21-/m0/s1. The van der Waals surface area contributed by atoms with Crippen LogP contribution in [-0.2, 0) is 4.74 Å². The van der Waals surface area contributed by atoms with Gasteiger partial charge in [-0.15, -0.1) is 0 Å². The molecule has 1 amide bonds. The molecule has 154 valence electrons. The summed E-state index contributed by atoms with van der Waals surface area (Å²) in [6.45, 7) is 7.87. The largest absolute Gasteiger partial charge is 0.380 e. The summed E-state index contributed by atoms with van der Waals surface area (Å²) in [6, 6.07) is 15.2. The van der Waals surface area contributed by atoms with Crippen molar-refractivity contribution < 1.29 is 9.53 Å². The van der Waals surface area contributed by atoms with E-state index in [1.807, 2.05) is 44.2 Å². The van der Waals surface area contributed by atoms with E-state index in [9.17, 15) is 4.79 Å². The maximum absolute atomic E-state index is 12.6. The van der Waals surface area contributed by atoms with Gasteiger partial charge < -0.3 is 20.3 Å². The lowest BCUT2D eigenvalue weighted by Crippen LogP contribution is -2.46. The van der Waals surface area contributed by atoms with Crippen molar-refractivity contribution in [3.05, 3.63) is 59.2 Å². The van der Waals surface area contributed by atoms with Gasteiger partial charge in [0.15, 0.2) is 0 Å². The van der Waals surface area contributed by atoms with Crippen molar-refractivity contribution in [1.82, 2.24) is 5.32 Å². The third-order valence-corrected chi connectivity index (χ3v) is 6.01. The fraction of sp³-hybridized carbons (Fsp3) is 0.458. The minimum atomic E-state index is -0.0574. The second-order valence-corrected chi connectivity index (χ2v) is 8.31. The van der Waals surface area contributed by atoms with E-state index in [4.69, 9.17) is 4.74 Å². The fourth-order valence-electron chi connectivity index (χ4n) is 4.33. The number of piperidine rings is 1. The Bertz CT molecular complexity index is 836. The smallest absolute Gasteiger partial charge is 0.255 e. The van der Waals surface area contributed by atoms with Crippen LogP contribution >= 0.6 is 0 Å². The van der Waals surface area contributed by atoms with E-state index in [1.165, 1.54) is 11.3 Å². The van der Waals surface area contributed by atoms with Crippen LogP contribution in [0.4, 0.5) is 11.4 Å². The number of hydrogen-bond acceptors (Lipinski definition) is 4. The highest BCUT2D eigenvalue weighted by Crippen LogP contribution is 2.23. The number of ether oxygens (including phenoxy) is 1.